The van der Waals surface area contributed by atoms with Crippen molar-refractivity contribution in [2.24, 2.45) is 11.3 Å². The molecular weight excluding hydrogens is 232 g/mol. The van der Waals surface area contributed by atoms with Gasteiger partial charge in [-0.2, -0.15) is 0 Å². The zero-order chi connectivity index (χ0) is 13.0. The Morgan fingerprint density at radius 2 is 2.28 bits per heavy atom. The number of fused-ring (bicyclic) bond motifs is 1. The number of rotatable bonds is 4. The first kappa shape index (κ1) is 13.3. The number of amides is 1. The lowest BCUT2D eigenvalue weighted by Crippen LogP contribution is -2.49. The number of hydrogen-bond donors (Lipinski definition) is 2. The standard InChI is InChI=1S/C13H22N2O3/c1-2-18-11(16)8-15-12(17)13-6-4-3-5-10(13)7-14-9-13/h10,14H,2-9H2,1H3,(H,15,17)/t10-,13+/m0/s1. The number of esters is 1. The first-order valence-electron chi connectivity index (χ1n) is 6.83. The Kier molecular flexibility index (Phi) is 4.22. The van der Waals surface area contributed by atoms with Crippen molar-refractivity contribution < 1.29 is 14.3 Å². The normalized spacial score (nSPS) is 30.6. The predicted molar refractivity (Wildman–Crippen MR) is 66.9 cm³/mol. The van der Waals surface area contributed by atoms with E-state index in [1.807, 2.05) is 0 Å². The van der Waals surface area contributed by atoms with E-state index in [-0.39, 0.29) is 23.8 Å². The second kappa shape index (κ2) is 5.69. The minimum Gasteiger partial charge on any atom is -0.465 e. The van der Waals surface area contributed by atoms with Gasteiger partial charge in [0.15, 0.2) is 0 Å². The molecule has 1 amide bonds. The van der Waals surface area contributed by atoms with Gasteiger partial charge < -0.3 is 15.4 Å². The first-order valence-corrected chi connectivity index (χ1v) is 6.83. The van der Waals surface area contributed by atoms with Crippen LogP contribution in [0.15, 0.2) is 0 Å². The average Bonchev–Trinajstić information content (AvgIpc) is 2.81. The van der Waals surface area contributed by atoms with Crippen LogP contribution in [0, 0.1) is 11.3 Å². The molecule has 0 bridgehead atoms. The third-order valence-electron chi connectivity index (χ3n) is 4.19. The molecular formula is C13H22N2O3. The van der Waals surface area contributed by atoms with Gasteiger partial charge in [0, 0.05) is 6.54 Å². The fourth-order valence-corrected chi connectivity index (χ4v) is 3.23. The van der Waals surface area contributed by atoms with E-state index >= 15 is 0 Å². The molecule has 0 radical (unpaired) electrons. The van der Waals surface area contributed by atoms with Gasteiger partial charge in [0.25, 0.3) is 0 Å². The summed E-state index contributed by atoms with van der Waals surface area (Å²) in [5, 5.41) is 6.07. The van der Waals surface area contributed by atoms with Crippen molar-refractivity contribution in [1.82, 2.24) is 10.6 Å². The largest absolute Gasteiger partial charge is 0.465 e. The number of hydrogen-bond acceptors (Lipinski definition) is 4. The Labute approximate surface area is 108 Å². The van der Waals surface area contributed by atoms with Gasteiger partial charge in [-0.25, -0.2) is 0 Å². The van der Waals surface area contributed by atoms with Gasteiger partial charge in [-0.1, -0.05) is 12.8 Å². The lowest BCUT2D eigenvalue weighted by Gasteiger charge is -2.36. The molecule has 0 aromatic rings. The van der Waals surface area contributed by atoms with Crippen LogP contribution in [-0.2, 0) is 14.3 Å². The molecule has 5 heteroatoms. The molecule has 102 valence electrons. The summed E-state index contributed by atoms with van der Waals surface area (Å²) >= 11 is 0. The van der Waals surface area contributed by atoms with Crippen LogP contribution in [0.3, 0.4) is 0 Å². The van der Waals surface area contributed by atoms with Crippen LogP contribution < -0.4 is 10.6 Å². The summed E-state index contributed by atoms with van der Waals surface area (Å²) in [6.45, 7) is 3.76. The summed E-state index contributed by atoms with van der Waals surface area (Å²) in [7, 11) is 0. The van der Waals surface area contributed by atoms with E-state index in [0.29, 0.717) is 12.5 Å². The molecule has 1 heterocycles. The highest BCUT2D eigenvalue weighted by Gasteiger charge is 2.49. The van der Waals surface area contributed by atoms with Crippen molar-refractivity contribution in [3.05, 3.63) is 0 Å². The highest BCUT2D eigenvalue weighted by Crippen LogP contribution is 2.43. The summed E-state index contributed by atoms with van der Waals surface area (Å²) in [6, 6.07) is 0. The van der Waals surface area contributed by atoms with Crippen molar-refractivity contribution in [3.63, 3.8) is 0 Å². The van der Waals surface area contributed by atoms with Crippen molar-refractivity contribution in [1.29, 1.82) is 0 Å². The Morgan fingerprint density at radius 1 is 1.44 bits per heavy atom. The average molecular weight is 254 g/mol. The van der Waals surface area contributed by atoms with E-state index in [4.69, 9.17) is 4.74 Å². The van der Waals surface area contributed by atoms with Crippen LogP contribution >= 0.6 is 0 Å². The van der Waals surface area contributed by atoms with Gasteiger partial charge in [-0.3, -0.25) is 9.59 Å². The maximum Gasteiger partial charge on any atom is 0.325 e. The predicted octanol–water partition coefficient (Wildman–Crippen LogP) is 0.445. The smallest absolute Gasteiger partial charge is 0.325 e. The molecule has 5 nitrogen and oxygen atoms in total. The van der Waals surface area contributed by atoms with Gasteiger partial charge >= 0.3 is 5.97 Å². The third-order valence-corrected chi connectivity index (χ3v) is 4.19. The molecule has 2 aliphatic rings. The van der Waals surface area contributed by atoms with Crippen LogP contribution in [0.5, 0.6) is 0 Å². The van der Waals surface area contributed by atoms with Crippen LogP contribution in [0.2, 0.25) is 0 Å². The number of carbonyl (C=O) groups is 2. The van der Waals surface area contributed by atoms with Crippen molar-refractivity contribution in [2.75, 3.05) is 26.2 Å². The minimum atomic E-state index is -0.361. The number of ether oxygens (including phenoxy) is 1. The van der Waals surface area contributed by atoms with Crippen LogP contribution in [0.4, 0.5) is 0 Å². The molecule has 1 saturated carbocycles. The monoisotopic (exact) mass is 254 g/mol. The van der Waals surface area contributed by atoms with E-state index in [1.54, 1.807) is 6.92 Å². The van der Waals surface area contributed by atoms with E-state index in [9.17, 15) is 9.59 Å². The summed E-state index contributed by atoms with van der Waals surface area (Å²) in [4.78, 5) is 23.6. The van der Waals surface area contributed by atoms with Gasteiger partial charge in [-0.05, 0) is 32.2 Å². The van der Waals surface area contributed by atoms with Gasteiger partial charge in [0.2, 0.25) is 5.91 Å². The van der Waals surface area contributed by atoms with Gasteiger partial charge in [0.05, 0.1) is 12.0 Å². The zero-order valence-electron chi connectivity index (χ0n) is 11.0. The third kappa shape index (κ3) is 2.51. The second-order valence-corrected chi connectivity index (χ2v) is 5.22. The van der Waals surface area contributed by atoms with Crippen LogP contribution in [-0.4, -0.2) is 38.1 Å². The fourth-order valence-electron chi connectivity index (χ4n) is 3.23. The minimum absolute atomic E-state index is 0.0128. The topological polar surface area (TPSA) is 67.4 Å². The Hall–Kier alpha value is -1.10. The van der Waals surface area contributed by atoms with Crippen LogP contribution in [0.1, 0.15) is 32.6 Å². The summed E-state index contributed by atoms with van der Waals surface area (Å²) in [6.07, 6.45) is 4.35. The molecule has 1 saturated heterocycles. The van der Waals surface area contributed by atoms with E-state index in [2.05, 4.69) is 10.6 Å². The SMILES string of the molecule is CCOC(=O)CNC(=O)[C@@]12CCCC[C@H]1CNC2. The Balaban J connectivity index is 1.92. The molecule has 1 aliphatic heterocycles. The lowest BCUT2D eigenvalue weighted by molar-refractivity contribution is -0.145. The summed E-state index contributed by atoms with van der Waals surface area (Å²) in [5.41, 5.74) is -0.287. The molecule has 2 rings (SSSR count). The molecule has 1 aliphatic carbocycles. The maximum absolute atomic E-state index is 12.4. The highest BCUT2D eigenvalue weighted by atomic mass is 16.5. The molecule has 0 aromatic carbocycles. The summed E-state index contributed by atoms with van der Waals surface area (Å²) in [5.74, 6) is 0.0827. The molecule has 2 atom stereocenters. The molecule has 2 N–H and O–H groups in total. The van der Waals surface area contributed by atoms with Gasteiger partial charge in [0.1, 0.15) is 6.54 Å². The fraction of sp³-hybridized carbons (Fsp3) is 0.846. The molecule has 2 fully saturated rings. The zero-order valence-corrected chi connectivity index (χ0v) is 11.0. The van der Waals surface area contributed by atoms with E-state index in [1.165, 1.54) is 6.42 Å². The lowest BCUT2D eigenvalue weighted by atomic mass is 9.67. The van der Waals surface area contributed by atoms with Crippen molar-refractivity contribution in [3.8, 4) is 0 Å². The van der Waals surface area contributed by atoms with E-state index in [0.717, 1.165) is 32.4 Å². The second-order valence-electron chi connectivity index (χ2n) is 5.22. The molecule has 0 unspecified atom stereocenters. The molecule has 0 aromatic heterocycles. The summed E-state index contributed by atoms with van der Waals surface area (Å²) < 4.78 is 4.82. The highest BCUT2D eigenvalue weighted by molar-refractivity contribution is 5.87. The van der Waals surface area contributed by atoms with E-state index < -0.39 is 0 Å². The van der Waals surface area contributed by atoms with Gasteiger partial charge in [-0.15, -0.1) is 0 Å². The van der Waals surface area contributed by atoms with Crippen LogP contribution in [0.25, 0.3) is 0 Å². The van der Waals surface area contributed by atoms with Crippen molar-refractivity contribution in [2.45, 2.75) is 32.6 Å². The number of carbonyl (C=O) groups excluding carboxylic acids is 2. The molecule has 0 spiro atoms. The Morgan fingerprint density at radius 3 is 3.06 bits per heavy atom. The maximum atomic E-state index is 12.4. The Bertz CT molecular complexity index is 332. The number of nitrogens with one attached hydrogen (secondary N) is 2. The first-order chi connectivity index (χ1) is 8.69. The quantitative estimate of drug-likeness (QED) is 0.715. The molecule has 18 heavy (non-hydrogen) atoms. The van der Waals surface area contributed by atoms with Crippen molar-refractivity contribution >= 4 is 11.9 Å².